The van der Waals surface area contributed by atoms with E-state index in [-0.39, 0.29) is 27.9 Å². The Hall–Kier alpha value is -3.48. The highest BCUT2D eigenvalue weighted by Gasteiger charge is 2.29. The number of imidazole rings is 1. The Balaban J connectivity index is 1.95. The first kappa shape index (κ1) is 24.2. The first-order chi connectivity index (χ1) is 15.5. The van der Waals surface area contributed by atoms with Crippen molar-refractivity contribution in [3.63, 3.8) is 0 Å². The number of ether oxygens (including phenoxy) is 1. The average molecular weight is 484 g/mol. The summed E-state index contributed by atoms with van der Waals surface area (Å²) in [5.41, 5.74) is 1.17. The molecular weight excluding hydrogens is 465 g/mol. The number of carbonyl (C=O) groups is 2. The molecule has 0 fully saturated rings. The van der Waals surface area contributed by atoms with E-state index >= 15 is 0 Å². The molecule has 1 atom stereocenters. The van der Waals surface area contributed by atoms with Crippen molar-refractivity contribution in [1.82, 2.24) is 19.4 Å². The van der Waals surface area contributed by atoms with Gasteiger partial charge >= 0.3 is 18.2 Å². The maximum atomic E-state index is 13.2. The van der Waals surface area contributed by atoms with Crippen LogP contribution in [-0.4, -0.2) is 67.1 Å². The topological polar surface area (TPSA) is 115 Å². The van der Waals surface area contributed by atoms with Crippen molar-refractivity contribution in [3.8, 4) is 5.75 Å². The van der Waals surface area contributed by atoms with Crippen LogP contribution in [0, 0.1) is 6.92 Å². The summed E-state index contributed by atoms with van der Waals surface area (Å²) in [7, 11) is -0.668. The Kier molecular flexibility index (Phi) is 7.01. The summed E-state index contributed by atoms with van der Waals surface area (Å²) in [5.74, 6) is -1.54. The third-order valence-electron chi connectivity index (χ3n) is 4.54. The van der Waals surface area contributed by atoms with Crippen LogP contribution in [0.1, 0.15) is 11.3 Å². The van der Waals surface area contributed by atoms with Gasteiger partial charge in [-0.2, -0.15) is 13.2 Å². The van der Waals surface area contributed by atoms with Crippen LogP contribution in [-0.2, 0) is 21.3 Å². The van der Waals surface area contributed by atoms with Crippen molar-refractivity contribution in [1.29, 1.82) is 0 Å². The molecule has 33 heavy (non-hydrogen) atoms. The number of pyridine rings is 1. The molecule has 0 aliphatic heterocycles. The fraction of sp³-hybridized carbons (Fsp3) is 0.300. The number of likely N-dealkylation sites (N-methyl/N-ethyl adjacent to an activating group) is 1. The number of aliphatic carboxylic acids is 1. The number of nitrogens with zero attached hydrogens (tertiary/aromatic N) is 4. The van der Waals surface area contributed by atoms with Crippen molar-refractivity contribution >= 4 is 33.8 Å². The lowest BCUT2D eigenvalue weighted by Crippen LogP contribution is -2.36. The van der Waals surface area contributed by atoms with Gasteiger partial charge in [0.1, 0.15) is 12.3 Å². The zero-order chi connectivity index (χ0) is 24.3. The third-order valence-corrected chi connectivity index (χ3v) is 5.76. The van der Waals surface area contributed by atoms with Crippen LogP contribution < -0.4 is 4.74 Å². The van der Waals surface area contributed by atoms with Gasteiger partial charge in [-0.3, -0.25) is 14.0 Å². The molecule has 0 saturated carbocycles. The number of fused-ring (bicyclic) bond motifs is 1. The number of carbonyl (C=O) groups excluding carboxylic acids is 1. The number of halogens is 3. The zero-order valence-electron chi connectivity index (χ0n) is 17.5. The minimum atomic E-state index is -4.52. The van der Waals surface area contributed by atoms with E-state index < -0.39 is 42.1 Å². The molecule has 0 aliphatic carbocycles. The fourth-order valence-corrected chi connectivity index (χ4v) is 4.24. The van der Waals surface area contributed by atoms with E-state index in [1.54, 1.807) is 24.3 Å². The lowest BCUT2D eigenvalue weighted by molar-refractivity contribution is -0.153. The SMILES string of the molecule is Cc1c(OCC(F)(F)F)ccnc1CS(=O)c1nc2ccccc2n1C(=O)N(C)CC(=O)O. The Bertz CT molecular complexity index is 1230. The van der Waals surface area contributed by atoms with E-state index in [1.165, 1.54) is 26.2 Å². The number of hydrogen-bond acceptors (Lipinski definition) is 6. The number of alkyl halides is 3. The monoisotopic (exact) mass is 484 g/mol. The standard InChI is InChI=1S/C20H19F3N4O5S/c1-12-14(24-8-7-16(12)32-11-20(21,22)23)10-33(31)18-25-13-5-3-4-6-15(13)27(18)19(30)26(2)9-17(28)29/h3-8H,9-11H2,1-2H3,(H,28,29). The van der Waals surface area contributed by atoms with Gasteiger partial charge < -0.3 is 14.7 Å². The Morgan fingerprint density at radius 2 is 1.94 bits per heavy atom. The van der Waals surface area contributed by atoms with Crippen LogP contribution >= 0.6 is 0 Å². The van der Waals surface area contributed by atoms with Crippen LogP contribution in [0.5, 0.6) is 5.75 Å². The van der Waals surface area contributed by atoms with Gasteiger partial charge in [-0.05, 0) is 25.1 Å². The minimum absolute atomic E-state index is 0.0555. The molecule has 0 spiro atoms. The largest absolute Gasteiger partial charge is 0.484 e. The lowest BCUT2D eigenvalue weighted by atomic mass is 10.2. The van der Waals surface area contributed by atoms with E-state index in [0.29, 0.717) is 11.0 Å². The van der Waals surface area contributed by atoms with Gasteiger partial charge in [-0.15, -0.1) is 0 Å². The molecule has 0 saturated heterocycles. The molecule has 3 aromatic rings. The average Bonchev–Trinajstić information content (AvgIpc) is 3.12. The summed E-state index contributed by atoms with van der Waals surface area (Å²) >= 11 is 0. The van der Waals surface area contributed by atoms with Gasteiger partial charge in [-0.25, -0.2) is 14.3 Å². The van der Waals surface area contributed by atoms with Crippen LogP contribution in [0.3, 0.4) is 0 Å². The van der Waals surface area contributed by atoms with Gasteiger partial charge in [0.15, 0.2) is 6.61 Å². The van der Waals surface area contributed by atoms with E-state index in [4.69, 9.17) is 9.84 Å². The van der Waals surface area contributed by atoms with E-state index in [9.17, 15) is 27.0 Å². The van der Waals surface area contributed by atoms with Gasteiger partial charge in [-0.1, -0.05) is 12.1 Å². The van der Waals surface area contributed by atoms with E-state index in [0.717, 1.165) is 9.47 Å². The molecule has 1 aromatic carbocycles. The second kappa shape index (κ2) is 9.57. The van der Waals surface area contributed by atoms with Crippen molar-refractivity contribution in [2.24, 2.45) is 0 Å². The van der Waals surface area contributed by atoms with Crippen LogP contribution in [0.25, 0.3) is 11.0 Å². The Morgan fingerprint density at radius 3 is 2.61 bits per heavy atom. The van der Waals surface area contributed by atoms with Crippen molar-refractivity contribution in [2.75, 3.05) is 20.2 Å². The maximum Gasteiger partial charge on any atom is 0.422 e. The van der Waals surface area contributed by atoms with E-state index in [2.05, 4.69) is 9.97 Å². The van der Waals surface area contributed by atoms with Gasteiger partial charge in [0.25, 0.3) is 0 Å². The molecule has 2 aromatic heterocycles. The summed E-state index contributed by atoms with van der Waals surface area (Å²) in [5, 5.41) is 8.86. The molecule has 1 unspecified atom stereocenters. The first-order valence-electron chi connectivity index (χ1n) is 9.45. The summed E-state index contributed by atoms with van der Waals surface area (Å²) < 4.78 is 56.6. The van der Waals surface area contributed by atoms with Crippen molar-refractivity contribution in [2.45, 2.75) is 24.0 Å². The summed E-state index contributed by atoms with van der Waals surface area (Å²) in [6.45, 7) is -0.586. The predicted octanol–water partition coefficient (Wildman–Crippen LogP) is 2.97. The molecule has 0 radical (unpaired) electrons. The number of carboxylic acids is 1. The predicted molar refractivity (Wildman–Crippen MR) is 111 cm³/mol. The molecular formula is C20H19F3N4O5S. The third kappa shape index (κ3) is 5.66. The quantitative estimate of drug-likeness (QED) is 0.548. The minimum Gasteiger partial charge on any atom is -0.484 e. The van der Waals surface area contributed by atoms with Gasteiger partial charge in [0.2, 0.25) is 5.16 Å². The fourth-order valence-electron chi connectivity index (χ4n) is 2.99. The first-order valence-corrected chi connectivity index (χ1v) is 10.8. The lowest BCUT2D eigenvalue weighted by Gasteiger charge is -2.17. The molecule has 2 heterocycles. The molecule has 0 aliphatic rings. The molecule has 13 heteroatoms. The number of para-hydroxylation sites is 2. The second-order valence-corrected chi connectivity index (χ2v) is 8.37. The van der Waals surface area contributed by atoms with Crippen molar-refractivity contribution < 1.29 is 36.8 Å². The highest BCUT2D eigenvalue weighted by Crippen LogP contribution is 2.26. The number of aromatic nitrogens is 3. The van der Waals surface area contributed by atoms with Gasteiger partial charge in [0.05, 0.1) is 33.3 Å². The molecule has 0 bridgehead atoms. The zero-order valence-corrected chi connectivity index (χ0v) is 18.3. The summed E-state index contributed by atoms with van der Waals surface area (Å²) in [6.07, 6.45) is -3.29. The smallest absolute Gasteiger partial charge is 0.422 e. The van der Waals surface area contributed by atoms with Crippen molar-refractivity contribution in [3.05, 3.63) is 47.8 Å². The molecule has 3 rings (SSSR count). The normalized spacial score (nSPS) is 12.5. The second-order valence-electron chi connectivity index (χ2n) is 7.03. The number of hydrogen-bond donors (Lipinski definition) is 1. The summed E-state index contributed by atoms with van der Waals surface area (Å²) in [6, 6.07) is 7.01. The maximum absolute atomic E-state index is 13.2. The number of amides is 1. The molecule has 1 N–H and O–H groups in total. The molecule has 9 nitrogen and oxygen atoms in total. The number of benzene rings is 1. The highest BCUT2D eigenvalue weighted by molar-refractivity contribution is 7.84. The summed E-state index contributed by atoms with van der Waals surface area (Å²) in [4.78, 5) is 33.3. The molecule has 176 valence electrons. The van der Waals surface area contributed by atoms with E-state index in [1.807, 2.05) is 0 Å². The molecule has 1 amide bonds. The van der Waals surface area contributed by atoms with Crippen LogP contribution in [0.2, 0.25) is 0 Å². The van der Waals surface area contributed by atoms with Crippen LogP contribution in [0.4, 0.5) is 18.0 Å². The Labute approximate surface area is 188 Å². The number of carboxylic acid groups (broad SMARTS) is 1. The van der Waals surface area contributed by atoms with Gasteiger partial charge in [0, 0.05) is 18.8 Å². The van der Waals surface area contributed by atoms with Crippen LogP contribution in [0.15, 0.2) is 41.7 Å². The highest BCUT2D eigenvalue weighted by atomic mass is 32.2. The number of rotatable bonds is 7. The Morgan fingerprint density at radius 1 is 1.24 bits per heavy atom.